The predicted molar refractivity (Wildman–Crippen MR) is 127 cm³/mol. The molecule has 0 saturated heterocycles. The highest BCUT2D eigenvalue weighted by Gasteiger charge is 2.56. The van der Waals surface area contributed by atoms with Gasteiger partial charge in [-0.2, -0.15) is 13.2 Å². The van der Waals surface area contributed by atoms with E-state index in [1.165, 1.54) is 43.0 Å². The van der Waals surface area contributed by atoms with Crippen LogP contribution in [0.4, 0.5) is 17.6 Å². The van der Waals surface area contributed by atoms with Crippen molar-refractivity contribution in [3.05, 3.63) is 81.1 Å². The number of pyridine rings is 1. The molecule has 0 saturated carbocycles. The molecule has 0 spiro atoms. The van der Waals surface area contributed by atoms with Gasteiger partial charge in [0.25, 0.3) is 5.91 Å². The van der Waals surface area contributed by atoms with Gasteiger partial charge < -0.3 is 20.1 Å². The van der Waals surface area contributed by atoms with Crippen molar-refractivity contribution >= 4 is 28.5 Å². The highest BCUT2D eigenvalue weighted by molar-refractivity contribution is 6.31. The van der Waals surface area contributed by atoms with E-state index in [-0.39, 0.29) is 27.6 Å². The normalized spacial score (nSPS) is 13.4. The van der Waals surface area contributed by atoms with E-state index in [0.29, 0.717) is 11.0 Å². The number of fused-ring (bicyclic) bond motifs is 1. The van der Waals surface area contributed by atoms with Crippen LogP contribution in [-0.4, -0.2) is 45.4 Å². The predicted octanol–water partition coefficient (Wildman–Crippen LogP) is 3.91. The van der Waals surface area contributed by atoms with Crippen molar-refractivity contribution in [2.75, 3.05) is 13.7 Å². The van der Waals surface area contributed by atoms with Crippen LogP contribution >= 0.6 is 11.6 Å². The number of H-pyrrole nitrogens is 1. The van der Waals surface area contributed by atoms with Crippen LogP contribution in [0.1, 0.15) is 16.1 Å². The summed E-state index contributed by atoms with van der Waals surface area (Å²) in [7, 11) is 2.73. The van der Waals surface area contributed by atoms with Gasteiger partial charge in [0, 0.05) is 18.2 Å². The lowest BCUT2D eigenvalue weighted by molar-refractivity contribution is -0.265. The first-order valence-corrected chi connectivity index (χ1v) is 11.0. The summed E-state index contributed by atoms with van der Waals surface area (Å²) in [5.41, 5.74) is -4.08. The highest BCUT2D eigenvalue weighted by Crippen LogP contribution is 2.40. The van der Waals surface area contributed by atoms with Gasteiger partial charge in [-0.1, -0.05) is 11.6 Å². The minimum absolute atomic E-state index is 0.0315. The Hall–Kier alpha value is -3.90. The molecule has 2 aromatic carbocycles. The lowest BCUT2D eigenvalue weighted by atomic mass is 9.96. The number of amides is 1. The van der Waals surface area contributed by atoms with Crippen molar-refractivity contribution in [1.82, 2.24) is 19.9 Å². The summed E-state index contributed by atoms with van der Waals surface area (Å²) in [4.78, 5) is 31.0. The van der Waals surface area contributed by atoms with Gasteiger partial charge in [0.2, 0.25) is 5.60 Å². The molecule has 0 aliphatic carbocycles. The number of alkyl halides is 3. The molecule has 4 rings (SSSR count). The molecule has 0 aliphatic heterocycles. The molecule has 0 bridgehead atoms. The van der Waals surface area contributed by atoms with Gasteiger partial charge in [-0.3, -0.25) is 9.36 Å². The third-order valence-corrected chi connectivity index (χ3v) is 6.13. The van der Waals surface area contributed by atoms with Gasteiger partial charge in [0.05, 0.1) is 35.4 Å². The maximum Gasteiger partial charge on any atom is 0.424 e. The fourth-order valence-corrected chi connectivity index (χ4v) is 3.88. The number of nitrogens with one attached hydrogen (secondary N) is 2. The molecule has 2 heterocycles. The lowest BCUT2D eigenvalue weighted by Crippen LogP contribution is -2.51. The number of hydrogen-bond donors (Lipinski definition) is 3. The van der Waals surface area contributed by atoms with Crippen LogP contribution in [0.15, 0.2) is 53.3 Å². The number of carbonyl (C=O) groups excluding carboxylic acids is 1. The molecule has 37 heavy (non-hydrogen) atoms. The number of aromatic amines is 1. The zero-order valence-electron chi connectivity index (χ0n) is 19.3. The van der Waals surface area contributed by atoms with Crippen molar-refractivity contribution in [2.24, 2.45) is 7.05 Å². The molecule has 4 aromatic rings. The van der Waals surface area contributed by atoms with Gasteiger partial charge in [-0.25, -0.2) is 14.2 Å². The summed E-state index contributed by atoms with van der Waals surface area (Å²) in [6, 6.07) is 9.58. The molecule has 13 heteroatoms. The average Bonchev–Trinajstić information content (AvgIpc) is 3.15. The van der Waals surface area contributed by atoms with Crippen LogP contribution < -0.4 is 15.7 Å². The second kappa shape index (κ2) is 9.52. The van der Waals surface area contributed by atoms with E-state index in [0.717, 1.165) is 24.3 Å². The van der Waals surface area contributed by atoms with Crippen LogP contribution in [0.25, 0.3) is 22.3 Å². The number of imidazole rings is 1. The zero-order chi connectivity index (χ0) is 27.1. The van der Waals surface area contributed by atoms with Gasteiger partial charge in [-0.05, 0) is 48.5 Å². The Morgan fingerprint density at radius 3 is 2.57 bits per heavy atom. The molecule has 0 aliphatic rings. The number of hydrogen-bond acceptors (Lipinski definition) is 5. The number of ether oxygens (including phenoxy) is 1. The molecular weight excluding hydrogens is 520 g/mol. The number of aryl methyl sites for hydroxylation is 1. The molecule has 0 fully saturated rings. The standard InChI is InChI=1S/C24H19ClF4N4O4/c1-33-17-10-13(4-6-16(17)31-22(33)35)21(34)30-11-23(36,24(27,28)29)19-8-7-18(37-2)20(32-19)12-3-5-15(26)14(25)9-12/h3-10,36H,11H2,1-2H3,(H,30,34)(H,31,35). The number of methoxy groups -OCH3 is 1. The minimum Gasteiger partial charge on any atom is -0.494 e. The number of carbonyl (C=O) groups is 1. The summed E-state index contributed by atoms with van der Waals surface area (Å²) < 4.78 is 62.5. The first kappa shape index (κ1) is 26.2. The number of benzene rings is 2. The first-order chi connectivity index (χ1) is 17.4. The van der Waals surface area contributed by atoms with Gasteiger partial charge in [-0.15, -0.1) is 0 Å². The van der Waals surface area contributed by atoms with Crippen LogP contribution in [-0.2, 0) is 12.6 Å². The second-order valence-corrected chi connectivity index (χ2v) is 8.55. The fourth-order valence-electron chi connectivity index (χ4n) is 3.70. The molecule has 1 atom stereocenters. The quantitative estimate of drug-likeness (QED) is 0.323. The SMILES string of the molecule is COc1ccc(C(O)(CNC(=O)c2ccc3[nH]c(=O)n(C)c3c2)C(F)(F)F)nc1-c1ccc(F)c(Cl)c1. The first-order valence-electron chi connectivity index (χ1n) is 10.6. The van der Waals surface area contributed by atoms with E-state index in [1.807, 2.05) is 0 Å². The Bertz CT molecular complexity index is 1570. The van der Waals surface area contributed by atoms with E-state index in [9.17, 15) is 32.3 Å². The van der Waals surface area contributed by atoms with E-state index in [2.05, 4.69) is 15.3 Å². The van der Waals surface area contributed by atoms with Crippen LogP contribution in [0.5, 0.6) is 5.75 Å². The molecule has 2 aromatic heterocycles. The molecule has 1 amide bonds. The number of rotatable bonds is 6. The minimum atomic E-state index is -5.26. The maximum atomic E-state index is 14.2. The summed E-state index contributed by atoms with van der Waals surface area (Å²) >= 11 is 5.81. The Labute approximate surface area is 211 Å². The third-order valence-electron chi connectivity index (χ3n) is 5.84. The van der Waals surface area contributed by atoms with Crippen molar-refractivity contribution in [3.63, 3.8) is 0 Å². The average molecular weight is 539 g/mol. The van der Waals surface area contributed by atoms with Gasteiger partial charge >= 0.3 is 11.9 Å². The zero-order valence-corrected chi connectivity index (χ0v) is 20.0. The van der Waals surface area contributed by atoms with E-state index in [4.69, 9.17) is 16.3 Å². The molecule has 8 nitrogen and oxygen atoms in total. The van der Waals surface area contributed by atoms with Crippen LogP contribution in [0.2, 0.25) is 5.02 Å². The molecule has 1 unspecified atom stereocenters. The smallest absolute Gasteiger partial charge is 0.424 e. The summed E-state index contributed by atoms with van der Waals surface area (Å²) in [6.07, 6.45) is -5.26. The molecule has 0 radical (unpaired) electrons. The van der Waals surface area contributed by atoms with Gasteiger partial charge in [0.15, 0.2) is 0 Å². The number of nitrogens with zero attached hydrogens (tertiary/aromatic N) is 2. The lowest BCUT2D eigenvalue weighted by Gasteiger charge is -2.30. The Balaban J connectivity index is 1.69. The van der Waals surface area contributed by atoms with E-state index in [1.54, 1.807) is 0 Å². The Kier molecular flexibility index (Phi) is 6.74. The van der Waals surface area contributed by atoms with Crippen molar-refractivity contribution in [2.45, 2.75) is 11.8 Å². The van der Waals surface area contributed by atoms with Crippen LogP contribution in [0.3, 0.4) is 0 Å². The van der Waals surface area contributed by atoms with E-state index >= 15 is 0 Å². The van der Waals surface area contributed by atoms with Crippen molar-refractivity contribution in [1.29, 1.82) is 0 Å². The monoisotopic (exact) mass is 538 g/mol. The second-order valence-electron chi connectivity index (χ2n) is 8.14. The summed E-state index contributed by atoms with van der Waals surface area (Å²) in [5, 5.41) is 12.6. The highest BCUT2D eigenvalue weighted by atomic mass is 35.5. The maximum absolute atomic E-state index is 14.2. The largest absolute Gasteiger partial charge is 0.494 e. The molecular formula is C24H19ClF4N4O4. The Morgan fingerprint density at radius 1 is 1.19 bits per heavy atom. The van der Waals surface area contributed by atoms with Gasteiger partial charge in [0.1, 0.15) is 17.3 Å². The number of halogens is 5. The molecule has 3 N–H and O–H groups in total. The number of aliphatic hydroxyl groups is 1. The summed E-state index contributed by atoms with van der Waals surface area (Å²) in [5.74, 6) is -1.62. The third kappa shape index (κ3) is 4.77. The fraction of sp³-hybridized carbons (Fsp3) is 0.208. The molecule has 194 valence electrons. The van der Waals surface area contributed by atoms with Crippen molar-refractivity contribution in [3.8, 4) is 17.0 Å². The topological polar surface area (TPSA) is 109 Å². The van der Waals surface area contributed by atoms with E-state index < -0.39 is 41.4 Å². The van der Waals surface area contributed by atoms with Crippen LogP contribution in [0, 0.1) is 5.82 Å². The summed E-state index contributed by atoms with van der Waals surface area (Å²) in [6.45, 7) is -1.28. The number of aromatic nitrogens is 3. The van der Waals surface area contributed by atoms with Crippen molar-refractivity contribution < 1.29 is 32.2 Å². The Morgan fingerprint density at radius 2 is 1.92 bits per heavy atom.